The molecule has 0 aliphatic heterocycles. The van der Waals surface area contributed by atoms with Gasteiger partial charge in [0.2, 0.25) is 5.56 Å². The maximum atomic E-state index is 12.5. The predicted octanol–water partition coefficient (Wildman–Crippen LogP) is 1.42. The van der Waals surface area contributed by atoms with E-state index in [0.29, 0.717) is 23.4 Å². The number of carbonyl (C=O) groups excluding carboxylic acids is 1. The minimum absolute atomic E-state index is 0.0134. The molecule has 1 atom stereocenters. The first-order valence-electron chi connectivity index (χ1n) is 7.23. The number of aliphatic hydroxyl groups is 1. The van der Waals surface area contributed by atoms with E-state index in [1.54, 1.807) is 6.07 Å². The largest absolute Gasteiger partial charge is 0.396 e. The van der Waals surface area contributed by atoms with Gasteiger partial charge in [0.1, 0.15) is 0 Å². The first-order valence-corrected chi connectivity index (χ1v) is 7.23. The number of para-hydroxylation sites is 1. The minimum atomic E-state index is -0.288. The van der Waals surface area contributed by atoms with Crippen molar-refractivity contribution in [1.29, 1.82) is 0 Å². The summed E-state index contributed by atoms with van der Waals surface area (Å²) in [6.07, 6.45) is 2.72. The Hall–Kier alpha value is -2.14. The topological polar surface area (TPSA) is 82.2 Å². The third-order valence-electron chi connectivity index (χ3n) is 3.94. The van der Waals surface area contributed by atoms with Crippen molar-refractivity contribution < 1.29 is 9.90 Å². The lowest BCUT2D eigenvalue weighted by atomic mass is 10.1. The van der Waals surface area contributed by atoms with Crippen molar-refractivity contribution >= 4 is 16.8 Å². The lowest BCUT2D eigenvalue weighted by Gasteiger charge is -2.17. The molecular weight excluding hydrogens is 268 g/mol. The van der Waals surface area contributed by atoms with E-state index < -0.39 is 0 Å². The van der Waals surface area contributed by atoms with Crippen LogP contribution >= 0.6 is 0 Å². The molecule has 1 amide bonds. The number of benzene rings is 1. The van der Waals surface area contributed by atoms with Crippen molar-refractivity contribution in [3.63, 3.8) is 0 Å². The van der Waals surface area contributed by atoms with Gasteiger partial charge in [0.05, 0.1) is 5.56 Å². The molecule has 21 heavy (non-hydrogen) atoms. The van der Waals surface area contributed by atoms with E-state index >= 15 is 0 Å². The number of amides is 1. The van der Waals surface area contributed by atoms with E-state index in [1.165, 1.54) is 6.07 Å². The Bertz CT molecular complexity index is 719. The number of carbonyl (C=O) groups is 1. The van der Waals surface area contributed by atoms with Gasteiger partial charge in [-0.2, -0.15) is 0 Å². The highest BCUT2D eigenvalue weighted by Crippen LogP contribution is 2.34. The number of aromatic nitrogens is 1. The predicted molar refractivity (Wildman–Crippen MR) is 80.2 cm³/mol. The van der Waals surface area contributed by atoms with Crippen LogP contribution in [0.2, 0.25) is 0 Å². The lowest BCUT2D eigenvalue weighted by Crippen LogP contribution is -2.37. The fourth-order valence-corrected chi connectivity index (χ4v) is 2.70. The number of hydrogen-bond acceptors (Lipinski definition) is 3. The summed E-state index contributed by atoms with van der Waals surface area (Å²) in [7, 11) is 0. The van der Waals surface area contributed by atoms with E-state index in [1.807, 2.05) is 18.2 Å². The molecule has 1 unspecified atom stereocenters. The second kappa shape index (κ2) is 5.69. The molecular formula is C16H18N2O3. The summed E-state index contributed by atoms with van der Waals surface area (Å²) in [5, 5.41) is 12.8. The van der Waals surface area contributed by atoms with Crippen molar-refractivity contribution in [2.75, 3.05) is 6.61 Å². The molecule has 2 aromatic rings. The Morgan fingerprint density at radius 1 is 1.38 bits per heavy atom. The standard InChI is InChI=1S/C16H18N2O3/c19-8-7-13(10-5-6-10)18-16(21)12-9-15(20)17-14-4-2-1-3-11(12)14/h1-4,9-10,13,19H,5-8H2,(H,17,20)(H,18,21). The van der Waals surface area contributed by atoms with E-state index in [-0.39, 0.29) is 24.1 Å². The van der Waals surface area contributed by atoms with Gasteiger partial charge in [-0.3, -0.25) is 9.59 Å². The number of fused-ring (bicyclic) bond motifs is 1. The molecule has 0 spiro atoms. The number of rotatable bonds is 5. The fourth-order valence-electron chi connectivity index (χ4n) is 2.70. The van der Waals surface area contributed by atoms with Crippen LogP contribution < -0.4 is 10.9 Å². The summed E-state index contributed by atoms with van der Waals surface area (Å²) in [5.41, 5.74) is 0.752. The third-order valence-corrected chi connectivity index (χ3v) is 3.94. The highest BCUT2D eigenvalue weighted by atomic mass is 16.3. The zero-order valence-corrected chi connectivity index (χ0v) is 11.6. The summed E-state index contributed by atoms with van der Waals surface area (Å²) in [6.45, 7) is 0.0531. The summed E-state index contributed by atoms with van der Waals surface area (Å²) >= 11 is 0. The Labute approximate surface area is 122 Å². The van der Waals surface area contributed by atoms with E-state index in [4.69, 9.17) is 5.11 Å². The highest BCUT2D eigenvalue weighted by Gasteiger charge is 2.32. The number of aliphatic hydroxyl groups excluding tert-OH is 1. The second-order valence-corrected chi connectivity index (χ2v) is 5.52. The molecule has 3 N–H and O–H groups in total. The van der Waals surface area contributed by atoms with Gasteiger partial charge >= 0.3 is 0 Å². The van der Waals surface area contributed by atoms with E-state index in [9.17, 15) is 9.59 Å². The molecule has 1 saturated carbocycles. The molecule has 0 radical (unpaired) electrons. The second-order valence-electron chi connectivity index (χ2n) is 5.52. The average molecular weight is 286 g/mol. The first-order chi connectivity index (χ1) is 10.2. The molecule has 1 aliphatic rings. The molecule has 1 aromatic heterocycles. The number of pyridine rings is 1. The van der Waals surface area contributed by atoms with Gasteiger partial charge in [-0.25, -0.2) is 0 Å². The number of nitrogens with one attached hydrogen (secondary N) is 2. The summed E-state index contributed by atoms with van der Waals surface area (Å²) in [5.74, 6) is 0.206. The molecule has 5 nitrogen and oxygen atoms in total. The zero-order valence-electron chi connectivity index (χ0n) is 11.6. The van der Waals surface area contributed by atoms with Crippen molar-refractivity contribution in [3.05, 3.63) is 46.2 Å². The Morgan fingerprint density at radius 2 is 2.14 bits per heavy atom. The number of H-pyrrole nitrogens is 1. The average Bonchev–Trinajstić information content (AvgIpc) is 3.30. The number of aromatic amines is 1. The molecule has 110 valence electrons. The van der Waals surface area contributed by atoms with Crippen LogP contribution in [-0.2, 0) is 0 Å². The molecule has 1 aliphatic carbocycles. The van der Waals surface area contributed by atoms with Crippen LogP contribution in [0.4, 0.5) is 0 Å². The lowest BCUT2D eigenvalue weighted by molar-refractivity contribution is 0.0926. The molecule has 1 aromatic carbocycles. The normalized spacial score (nSPS) is 15.9. The zero-order chi connectivity index (χ0) is 14.8. The quantitative estimate of drug-likeness (QED) is 0.777. The van der Waals surface area contributed by atoms with Crippen LogP contribution in [0.1, 0.15) is 29.6 Å². The van der Waals surface area contributed by atoms with E-state index in [0.717, 1.165) is 18.2 Å². The number of hydrogen-bond donors (Lipinski definition) is 3. The summed E-state index contributed by atoms with van der Waals surface area (Å²) in [6, 6.07) is 8.57. The van der Waals surface area contributed by atoms with Crippen LogP contribution in [0.25, 0.3) is 10.9 Å². The molecule has 1 heterocycles. The molecule has 5 heteroatoms. The SMILES string of the molecule is O=C(NC(CCO)C1CC1)c1cc(=O)[nH]c2ccccc12. The molecule has 0 bridgehead atoms. The Balaban J connectivity index is 1.92. The van der Waals surface area contributed by atoms with Crippen LogP contribution in [0.15, 0.2) is 35.1 Å². The third kappa shape index (κ3) is 2.97. The van der Waals surface area contributed by atoms with Crippen LogP contribution in [0.3, 0.4) is 0 Å². The van der Waals surface area contributed by atoms with Gasteiger partial charge in [-0.15, -0.1) is 0 Å². The van der Waals surface area contributed by atoms with Crippen molar-refractivity contribution in [3.8, 4) is 0 Å². The van der Waals surface area contributed by atoms with Crippen molar-refractivity contribution in [2.45, 2.75) is 25.3 Å². The maximum Gasteiger partial charge on any atom is 0.252 e. The van der Waals surface area contributed by atoms with Gasteiger partial charge in [0, 0.05) is 29.6 Å². The van der Waals surface area contributed by atoms with Crippen molar-refractivity contribution in [2.24, 2.45) is 5.92 Å². The van der Waals surface area contributed by atoms with Crippen LogP contribution in [0.5, 0.6) is 0 Å². The first kappa shape index (κ1) is 13.8. The smallest absolute Gasteiger partial charge is 0.252 e. The van der Waals surface area contributed by atoms with Gasteiger partial charge in [-0.05, 0) is 31.2 Å². The minimum Gasteiger partial charge on any atom is -0.396 e. The Morgan fingerprint density at radius 3 is 2.86 bits per heavy atom. The Kier molecular flexibility index (Phi) is 3.75. The fraction of sp³-hybridized carbons (Fsp3) is 0.375. The van der Waals surface area contributed by atoms with E-state index in [2.05, 4.69) is 10.3 Å². The van der Waals surface area contributed by atoms with Crippen molar-refractivity contribution in [1.82, 2.24) is 10.3 Å². The molecule has 3 rings (SSSR count). The maximum absolute atomic E-state index is 12.5. The van der Waals surface area contributed by atoms with Gasteiger partial charge in [0.15, 0.2) is 0 Å². The monoisotopic (exact) mass is 286 g/mol. The van der Waals surface area contributed by atoms with Gasteiger partial charge in [0.25, 0.3) is 5.91 Å². The van der Waals surface area contributed by atoms with Crippen LogP contribution in [0, 0.1) is 5.92 Å². The highest BCUT2D eigenvalue weighted by molar-refractivity contribution is 6.06. The molecule has 0 saturated heterocycles. The van der Waals surface area contributed by atoms with Crippen LogP contribution in [-0.4, -0.2) is 28.6 Å². The summed E-state index contributed by atoms with van der Waals surface area (Å²) in [4.78, 5) is 26.9. The van der Waals surface area contributed by atoms with Gasteiger partial charge in [-0.1, -0.05) is 18.2 Å². The van der Waals surface area contributed by atoms with Gasteiger partial charge < -0.3 is 15.4 Å². The summed E-state index contributed by atoms with van der Waals surface area (Å²) < 4.78 is 0. The molecule has 1 fully saturated rings.